The lowest BCUT2D eigenvalue weighted by atomic mass is 10.2. The SMILES string of the molecule is Cc1ccc(C(C)NC(=O)c2cccnc2Sc2ccccc2)o1. The zero-order valence-corrected chi connectivity index (χ0v) is 14.3. The van der Waals surface area contributed by atoms with Gasteiger partial charge in [0.1, 0.15) is 16.5 Å². The van der Waals surface area contributed by atoms with E-state index in [1.165, 1.54) is 11.8 Å². The molecule has 0 spiro atoms. The number of carbonyl (C=O) groups is 1. The fourth-order valence-corrected chi connectivity index (χ4v) is 3.18. The molecule has 122 valence electrons. The zero-order chi connectivity index (χ0) is 16.9. The van der Waals surface area contributed by atoms with Gasteiger partial charge in [0.05, 0.1) is 11.6 Å². The van der Waals surface area contributed by atoms with E-state index < -0.39 is 0 Å². The second-order valence-electron chi connectivity index (χ2n) is 5.41. The molecule has 1 atom stereocenters. The van der Waals surface area contributed by atoms with Crippen LogP contribution in [0.2, 0.25) is 0 Å². The van der Waals surface area contributed by atoms with E-state index in [-0.39, 0.29) is 11.9 Å². The average molecular weight is 338 g/mol. The molecule has 0 radical (unpaired) electrons. The van der Waals surface area contributed by atoms with Gasteiger partial charge in [-0.1, -0.05) is 30.0 Å². The van der Waals surface area contributed by atoms with Gasteiger partial charge >= 0.3 is 0 Å². The predicted molar refractivity (Wildman–Crippen MR) is 94.1 cm³/mol. The van der Waals surface area contributed by atoms with E-state index in [1.54, 1.807) is 18.3 Å². The van der Waals surface area contributed by atoms with Crippen LogP contribution in [0.1, 0.15) is 34.8 Å². The van der Waals surface area contributed by atoms with Crippen molar-refractivity contribution in [3.63, 3.8) is 0 Å². The number of rotatable bonds is 5. The summed E-state index contributed by atoms with van der Waals surface area (Å²) in [6, 6.07) is 17.0. The molecule has 24 heavy (non-hydrogen) atoms. The van der Waals surface area contributed by atoms with E-state index in [0.717, 1.165) is 16.4 Å². The van der Waals surface area contributed by atoms with Gasteiger partial charge in [-0.2, -0.15) is 0 Å². The normalized spacial score (nSPS) is 11.9. The van der Waals surface area contributed by atoms with Crippen LogP contribution >= 0.6 is 11.8 Å². The summed E-state index contributed by atoms with van der Waals surface area (Å²) in [5, 5.41) is 3.65. The van der Waals surface area contributed by atoms with E-state index in [9.17, 15) is 4.79 Å². The zero-order valence-electron chi connectivity index (χ0n) is 13.5. The molecule has 3 rings (SSSR count). The van der Waals surface area contributed by atoms with Crippen LogP contribution in [-0.4, -0.2) is 10.9 Å². The van der Waals surface area contributed by atoms with Crippen LogP contribution in [0.15, 0.2) is 75.1 Å². The van der Waals surface area contributed by atoms with Gasteiger partial charge in [0, 0.05) is 11.1 Å². The first kappa shape index (κ1) is 16.3. The maximum atomic E-state index is 12.6. The highest BCUT2D eigenvalue weighted by Crippen LogP contribution is 2.28. The summed E-state index contributed by atoms with van der Waals surface area (Å²) in [6.45, 7) is 3.78. The number of aryl methyl sites for hydroxylation is 1. The second kappa shape index (κ2) is 7.36. The summed E-state index contributed by atoms with van der Waals surface area (Å²) in [6.07, 6.45) is 1.70. The first-order valence-electron chi connectivity index (χ1n) is 7.68. The van der Waals surface area contributed by atoms with Crippen molar-refractivity contribution < 1.29 is 9.21 Å². The smallest absolute Gasteiger partial charge is 0.254 e. The molecule has 1 unspecified atom stereocenters. The quantitative estimate of drug-likeness (QED) is 0.737. The van der Waals surface area contributed by atoms with Crippen molar-refractivity contribution in [1.82, 2.24) is 10.3 Å². The largest absolute Gasteiger partial charge is 0.464 e. The Kier molecular flexibility index (Phi) is 5.01. The van der Waals surface area contributed by atoms with Crippen molar-refractivity contribution in [3.8, 4) is 0 Å². The van der Waals surface area contributed by atoms with E-state index in [2.05, 4.69) is 10.3 Å². The Balaban J connectivity index is 1.77. The van der Waals surface area contributed by atoms with Gasteiger partial charge in [-0.3, -0.25) is 4.79 Å². The highest BCUT2D eigenvalue weighted by atomic mass is 32.2. The molecular formula is C19H18N2O2S. The number of benzene rings is 1. The number of hydrogen-bond donors (Lipinski definition) is 1. The summed E-state index contributed by atoms with van der Waals surface area (Å²) in [7, 11) is 0. The maximum Gasteiger partial charge on any atom is 0.254 e. The van der Waals surface area contributed by atoms with E-state index in [1.807, 2.05) is 56.3 Å². The number of carbonyl (C=O) groups excluding carboxylic acids is 1. The number of nitrogens with zero attached hydrogens (tertiary/aromatic N) is 1. The van der Waals surface area contributed by atoms with Gasteiger partial charge in [0.25, 0.3) is 5.91 Å². The highest BCUT2D eigenvalue weighted by Gasteiger charge is 2.17. The van der Waals surface area contributed by atoms with Gasteiger partial charge in [0.2, 0.25) is 0 Å². The maximum absolute atomic E-state index is 12.6. The number of pyridine rings is 1. The highest BCUT2D eigenvalue weighted by molar-refractivity contribution is 7.99. The molecule has 5 heteroatoms. The molecule has 0 saturated carbocycles. The molecule has 0 aliphatic heterocycles. The van der Waals surface area contributed by atoms with E-state index in [4.69, 9.17) is 4.42 Å². The lowest BCUT2D eigenvalue weighted by Crippen LogP contribution is -2.27. The fraction of sp³-hybridized carbons (Fsp3) is 0.158. The Bertz CT molecular complexity index is 830. The summed E-state index contributed by atoms with van der Waals surface area (Å²) in [4.78, 5) is 18.0. The average Bonchev–Trinajstić information content (AvgIpc) is 3.03. The van der Waals surface area contributed by atoms with Gasteiger partial charge in [-0.15, -0.1) is 0 Å². The van der Waals surface area contributed by atoms with Crippen LogP contribution in [0.3, 0.4) is 0 Å². The second-order valence-corrected chi connectivity index (χ2v) is 6.48. The first-order valence-corrected chi connectivity index (χ1v) is 8.50. The van der Waals surface area contributed by atoms with E-state index in [0.29, 0.717) is 10.6 Å². The molecule has 0 aliphatic carbocycles. The molecule has 1 amide bonds. The van der Waals surface area contributed by atoms with Crippen LogP contribution in [0.5, 0.6) is 0 Å². The minimum absolute atomic E-state index is 0.164. The molecule has 4 nitrogen and oxygen atoms in total. The van der Waals surface area contributed by atoms with Gasteiger partial charge in [-0.25, -0.2) is 4.98 Å². The minimum Gasteiger partial charge on any atom is -0.464 e. The predicted octanol–water partition coefficient (Wildman–Crippen LogP) is 4.63. The number of amides is 1. The Morgan fingerprint density at radius 1 is 1.12 bits per heavy atom. The number of hydrogen-bond acceptors (Lipinski definition) is 4. The van der Waals surface area contributed by atoms with Crippen molar-refractivity contribution in [2.45, 2.75) is 29.8 Å². The summed E-state index contributed by atoms with van der Waals surface area (Å²) < 4.78 is 5.57. The van der Waals surface area contributed by atoms with Crippen molar-refractivity contribution in [2.75, 3.05) is 0 Å². The topological polar surface area (TPSA) is 55.1 Å². The standard InChI is InChI=1S/C19H18N2O2S/c1-13-10-11-17(23-13)14(2)21-18(22)16-9-6-12-20-19(16)24-15-7-4-3-5-8-15/h3-12,14H,1-2H3,(H,21,22). The molecular weight excluding hydrogens is 320 g/mol. The van der Waals surface area contributed by atoms with Crippen LogP contribution in [0, 0.1) is 6.92 Å². The molecule has 3 aromatic rings. The molecule has 1 aromatic carbocycles. The molecule has 1 N–H and O–H groups in total. The molecule has 0 aliphatic rings. The number of furan rings is 1. The number of aromatic nitrogens is 1. The van der Waals surface area contributed by atoms with Gasteiger partial charge in [-0.05, 0) is 50.2 Å². The van der Waals surface area contributed by atoms with Gasteiger partial charge < -0.3 is 9.73 Å². The van der Waals surface area contributed by atoms with Gasteiger partial charge in [0.15, 0.2) is 0 Å². The molecule has 0 saturated heterocycles. The van der Waals surface area contributed by atoms with E-state index >= 15 is 0 Å². The first-order chi connectivity index (χ1) is 11.6. The minimum atomic E-state index is -0.207. The summed E-state index contributed by atoms with van der Waals surface area (Å²) in [5.41, 5.74) is 0.557. The molecule has 2 heterocycles. The molecule has 2 aromatic heterocycles. The van der Waals surface area contributed by atoms with Crippen molar-refractivity contribution in [3.05, 3.63) is 77.9 Å². The lowest BCUT2D eigenvalue weighted by Gasteiger charge is -2.13. The number of nitrogens with one attached hydrogen (secondary N) is 1. The van der Waals surface area contributed by atoms with Crippen LogP contribution in [0.4, 0.5) is 0 Å². The summed E-state index contributed by atoms with van der Waals surface area (Å²) >= 11 is 1.47. The Morgan fingerprint density at radius 3 is 2.62 bits per heavy atom. The monoisotopic (exact) mass is 338 g/mol. The van der Waals surface area contributed by atoms with Crippen LogP contribution in [0.25, 0.3) is 0 Å². The summed E-state index contributed by atoms with van der Waals surface area (Å²) in [5.74, 6) is 1.40. The van der Waals surface area contributed by atoms with Crippen molar-refractivity contribution in [1.29, 1.82) is 0 Å². The Hall–Kier alpha value is -2.53. The third kappa shape index (κ3) is 3.86. The fourth-order valence-electron chi connectivity index (χ4n) is 2.28. The lowest BCUT2D eigenvalue weighted by molar-refractivity contribution is 0.0931. The third-order valence-corrected chi connectivity index (χ3v) is 4.54. The third-order valence-electron chi connectivity index (χ3n) is 3.51. The molecule has 0 fully saturated rings. The molecule has 0 bridgehead atoms. The van der Waals surface area contributed by atoms with Crippen molar-refractivity contribution >= 4 is 17.7 Å². The Morgan fingerprint density at radius 2 is 1.92 bits per heavy atom. The van der Waals surface area contributed by atoms with Crippen molar-refractivity contribution in [2.24, 2.45) is 0 Å². The van der Waals surface area contributed by atoms with Crippen LogP contribution in [-0.2, 0) is 0 Å². The van der Waals surface area contributed by atoms with Crippen LogP contribution < -0.4 is 5.32 Å². The Labute approximate surface area is 145 Å².